The Morgan fingerprint density at radius 1 is 0.461 bits per heavy atom. The number of aromatic carboxylic acids is 2. The molecule has 9 N–H and O–H groups in total. The molecule has 0 radical (unpaired) electrons. The lowest BCUT2D eigenvalue weighted by Crippen LogP contribution is -2.31. The highest BCUT2D eigenvalue weighted by atomic mass is 35.7. The normalized spacial score (nSPS) is 11.4. The number of carboxylic acid groups (broad SMARTS) is 2. The lowest BCUT2D eigenvalue weighted by Gasteiger charge is -2.19. The van der Waals surface area contributed by atoms with Crippen LogP contribution in [0.1, 0.15) is 125 Å². The van der Waals surface area contributed by atoms with Crippen molar-refractivity contribution in [1.29, 1.82) is 0 Å². The summed E-state index contributed by atoms with van der Waals surface area (Å²) in [7, 11) is -6.20. The van der Waals surface area contributed by atoms with Gasteiger partial charge in [-0.1, -0.05) is 148 Å². The molecule has 0 saturated heterocycles. The minimum Gasteiger partial charge on any atom is -0.478 e. The number of hydrazine groups is 1. The number of carbonyl (C=O) groups is 3. The summed E-state index contributed by atoms with van der Waals surface area (Å²) in [5.74, 6) is 2.22. The second-order valence-corrected chi connectivity index (χ2v) is 26.4. The molecule has 16 nitrogen and oxygen atoms in total. The number of carboxylic acids is 2. The van der Waals surface area contributed by atoms with Crippen molar-refractivity contribution in [2.75, 3.05) is 15.2 Å². The van der Waals surface area contributed by atoms with Crippen LogP contribution in [-0.2, 0) is 45.3 Å². The molecule has 0 unspecified atom stereocenters. The van der Waals surface area contributed by atoms with E-state index in [9.17, 15) is 44.7 Å². The van der Waals surface area contributed by atoms with E-state index in [1.54, 1.807) is 36.4 Å². The van der Waals surface area contributed by atoms with Gasteiger partial charge in [-0.05, 0) is 124 Å². The largest absolute Gasteiger partial charge is 0.478 e. The van der Waals surface area contributed by atoms with Crippen molar-refractivity contribution < 1.29 is 49.9 Å². The number of sulfonamides is 2. The van der Waals surface area contributed by atoms with Crippen LogP contribution < -0.4 is 26.4 Å². The van der Waals surface area contributed by atoms with Gasteiger partial charge in [-0.3, -0.25) is 19.7 Å². The van der Waals surface area contributed by atoms with Gasteiger partial charge in [0.25, 0.3) is 35.0 Å². The van der Waals surface area contributed by atoms with Crippen LogP contribution in [0.5, 0.6) is 0 Å². The van der Waals surface area contributed by atoms with Crippen molar-refractivity contribution in [3.63, 3.8) is 0 Å². The summed E-state index contributed by atoms with van der Waals surface area (Å²) in [6.45, 7) is 18.4. The van der Waals surface area contributed by atoms with Gasteiger partial charge in [0.2, 0.25) is 0 Å². The third-order valence-electron chi connectivity index (χ3n) is 10.4. The van der Waals surface area contributed by atoms with Crippen LogP contribution in [0.15, 0.2) is 142 Å². The Kier molecular flexibility index (Phi) is 24.6. The summed E-state index contributed by atoms with van der Waals surface area (Å²) in [6.07, 6.45) is 0. The van der Waals surface area contributed by atoms with Crippen LogP contribution in [0, 0.1) is 0 Å². The first-order chi connectivity index (χ1) is 33.9. The molecule has 0 aliphatic carbocycles. The van der Waals surface area contributed by atoms with E-state index in [0.29, 0.717) is 5.02 Å². The van der Waals surface area contributed by atoms with E-state index in [1.807, 2.05) is 47.0 Å². The first-order valence-corrected chi connectivity index (χ1v) is 28.2. The van der Waals surface area contributed by atoms with Gasteiger partial charge in [-0.25, -0.2) is 40.7 Å². The summed E-state index contributed by atoms with van der Waals surface area (Å²) in [4.78, 5) is 33.7. The van der Waals surface area contributed by atoms with Crippen LogP contribution in [-0.4, -0.2) is 53.3 Å². The van der Waals surface area contributed by atoms with E-state index in [0.717, 1.165) is 16.7 Å². The molecule has 0 bridgehead atoms. The quantitative estimate of drug-likeness (QED) is 0.0221. The Bertz CT molecular complexity index is 3330. The Labute approximate surface area is 466 Å². The lowest BCUT2D eigenvalue weighted by atomic mass is 9.87. The molecule has 0 aliphatic heterocycles. The maximum Gasteiger partial charge on any atom is 0.337 e. The average Bonchev–Trinajstić information content (AvgIpc) is 3.28. The molecule has 23 heteroatoms. The topological polar surface area (TPSA) is 282 Å². The summed E-state index contributed by atoms with van der Waals surface area (Å²) in [5.41, 5.74) is 10.4. The molecular formula is C53H65Cl4N5O11S3. The van der Waals surface area contributed by atoms with Gasteiger partial charge in [0.15, 0.2) is 0 Å². The fourth-order valence-corrected chi connectivity index (χ4v) is 9.62. The van der Waals surface area contributed by atoms with E-state index in [2.05, 4.69) is 30.2 Å². The zero-order chi connectivity index (χ0) is 56.4. The van der Waals surface area contributed by atoms with Gasteiger partial charge in [0, 0.05) is 31.4 Å². The van der Waals surface area contributed by atoms with Crippen LogP contribution in [0.25, 0.3) is 0 Å². The number of anilines is 3. The number of amides is 1. The molecule has 0 aromatic heterocycles. The number of benzene rings is 6. The van der Waals surface area contributed by atoms with Crippen molar-refractivity contribution in [1.82, 2.24) is 5.43 Å². The van der Waals surface area contributed by atoms with E-state index >= 15 is 0 Å². The molecule has 76 heavy (non-hydrogen) atoms. The van der Waals surface area contributed by atoms with Crippen LogP contribution in [0.4, 0.5) is 17.1 Å². The molecule has 6 aromatic rings. The molecule has 0 fully saturated rings. The van der Waals surface area contributed by atoms with E-state index < -0.39 is 46.9 Å². The SMILES string of the molecule is C.C.CC(C)(C)c1ccc(S(=O)(=O)Cl)cc1.CC(C)(C)c1ccc(S(=O)(=O)Nc2cc(Cl)ccc2C(=O)NN)cc1.CC(C)(C)c1ccc(S(=O)(=O)Nc2cc(Cl)ccc2C(=O)O)cc1.Nc1cc(Cl)ccc1C(=O)O. The predicted molar refractivity (Wildman–Crippen MR) is 308 cm³/mol. The summed E-state index contributed by atoms with van der Waals surface area (Å²) in [5, 5.41) is 18.7. The van der Waals surface area contributed by atoms with Crippen LogP contribution in [0.2, 0.25) is 15.1 Å². The van der Waals surface area contributed by atoms with E-state index in [-0.39, 0.29) is 89.6 Å². The standard InChI is InChI=1S/C17H20ClN3O3S.C17H18ClNO4S.C10H13ClO2S.C7H6ClNO2.2CH4/c1-17(2,3)11-4-7-13(8-5-11)25(23,24)21-15-10-12(18)6-9-14(15)16(22)20-19;1-17(2,3)11-4-7-13(8-5-11)24(22,23)19-15-10-12(18)6-9-14(15)16(20)21;1-10(2,3)8-4-6-9(7-5-8)14(11,12)13;8-4-1-2-5(7(10)11)6(9)3-4;;/h4-10,21H,19H2,1-3H3,(H,20,22);4-10,19H,1-3H3,(H,20,21);4-7H,1-3H3;1-3H,9H2,(H,10,11);2*1H4. The van der Waals surface area contributed by atoms with Gasteiger partial charge >= 0.3 is 11.9 Å². The Morgan fingerprint density at radius 2 is 0.750 bits per heavy atom. The molecule has 6 aromatic carbocycles. The molecule has 1 amide bonds. The highest BCUT2D eigenvalue weighted by molar-refractivity contribution is 8.13. The third-order valence-corrected chi connectivity index (χ3v) is 15.2. The number of nitrogens with one attached hydrogen (secondary N) is 3. The second-order valence-electron chi connectivity index (χ2n) is 19.2. The zero-order valence-corrected chi connectivity index (χ0v) is 47.1. The second kappa shape index (κ2) is 27.4. The molecular weight excluding hydrogens is 1120 g/mol. The van der Waals surface area contributed by atoms with Gasteiger partial charge < -0.3 is 15.9 Å². The van der Waals surface area contributed by atoms with Crippen molar-refractivity contribution >= 4 is 109 Å². The molecule has 0 aliphatic rings. The Hall–Kier alpha value is -5.90. The number of nitrogens with two attached hydrogens (primary N) is 2. The van der Waals surface area contributed by atoms with Gasteiger partial charge in [0.05, 0.1) is 42.8 Å². The van der Waals surface area contributed by atoms with Gasteiger partial charge in [-0.2, -0.15) is 0 Å². The van der Waals surface area contributed by atoms with Crippen molar-refractivity contribution in [3.8, 4) is 0 Å². The Morgan fingerprint density at radius 3 is 1.04 bits per heavy atom. The van der Waals surface area contributed by atoms with Crippen molar-refractivity contribution in [2.24, 2.45) is 5.84 Å². The Balaban J connectivity index is 0.000000527. The third kappa shape index (κ3) is 20.2. The lowest BCUT2D eigenvalue weighted by molar-refractivity contribution is 0.0687. The number of carbonyl (C=O) groups excluding carboxylic acids is 1. The van der Waals surface area contributed by atoms with Crippen molar-refractivity contribution in [2.45, 2.75) is 108 Å². The molecule has 0 atom stereocenters. The minimum absolute atomic E-state index is 0. The fraction of sp³-hybridized carbons (Fsp3) is 0.264. The summed E-state index contributed by atoms with van der Waals surface area (Å²) in [6, 6.07) is 32.1. The first-order valence-electron chi connectivity index (χ1n) is 21.8. The number of rotatable bonds is 10. The summed E-state index contributed by atoms with van der Waals surface area (Å²) >= 11 is 17.3. The fourth-order valence-electron chi connectivity index (χ4n) is 6.19. The molecule has 6 rings (SSSR count). The number of halogens is 4. The van der Waals surface area contributed by atoms with Crippen LogP contribution >= 0.6 is 45.5 Å². The maximum atomic E-state index is 12.6. The predicted octanol–water partition coefficient (Wildman–Crippen LogP) is 13.0. The number of hydrogen-bond donors (Lipinski definition) is 7. The monoisotopic (exact) mass is 1180 g/mol. The number of hydrogen-bond acceptors (Lipinski definition) is 11. The smallest absolute Gasteiger partial charge is 0.337 e. The van der Waals surface area contributed by atoms with Crippen LogP contribution in [0.3, 0.4) is 0 Å². The highest BCUT2D eigenvalue weighted by Crippen LogP contribution is 2.30. The average molecular weight is 1190 g/mol. The van der Waals surface area contributed by atoms with E-state index in [4.69, 9.17) is 62.2 Å². The number of nitrogen functional groups attached to an aromatic ring is 2. The van der Waals surface area contributed by atoms with Crippen molar-refractivity contribution in [3.05, 3.63) is 176 Å². The first kappa shape index (κ1) is 68.1. The maximum absolute atomic E-state index is 12.6. The summed E-state index contributed by atoms with van der Waals surface area (Å²) < 4.78 is 76.8. The zero-order valence-electron chi connectivity index (χ0n) is 41.6. The molecule has 0 saturated carbocycles. The van der Waals surface area contributed by atoms with Gasteiger partial charge in [0.1, 0.15) is 0 Å². The van der Waals surface area contributed by atoms with Gasteiger partial charge in [-0.15, -0.1) is 0 Å². The minimum atomic E-state index is -3.92. The highest BCUT2D eigenvalue weighted by Gasteiger charge is 2.23. The molecule has 414 valence electrons. The molecule has 0 heterocycles. The van der Waals surface area contributed by atoms with E-state index in [1.165, 1.54) is 91.0 Å². The molecule has 0 spiro atoms.